The molecule has 2 aromatic carbocycles. The number of nitrogens with zero attached hydrogens (tertiary/aromatic N) is 1. The molecule has 0 aliphatic carbocycles. The number of esters is 1. The Morgan fingerprint density at radius 2 is 1.77 bits per heavy atom. The molecule has 3 rings (SSSR count). The highest BCUT2D eigenvalue weighted by Crippen LogP contribution is 2.26. The van der Waals surface area contributed by atoms with Gasteiger partial charge < -0.3 is 15.0 Å². The summed E-state index contributed by atoms with van der Waals surface area (Å²) >= 11 is 0. The number of hydrogen-bond acceptors (Lipinski definition) is 4. The van der Waals surface area contributed by atoms with Crippen LogP contribution >= 0.6 is 0 Å². The molecular weight excluding hydrogens is 328 g/mol. The van der Waals surface area contributed by atoms with Crippen LogP contribution in [0.4, 0.5) is 0 Å². The van der Waals surface area contributed by atoms with E-state index >= 15 is 0 Å². The van der Waals surface area contributed by atoms with E-state index in [2.05, 4.69) is 41.7 Å². The number of carbonyl (C=O) groups is 2. The van der Waals surface area contributed by atoms with Crippen molar-refractivity contribution in [3.05, 3.63) is 60.2 Å². The van der Waals surface area contributed by atoms with Crippen molar-refractivity contribution in [1.82, 2.24) is 10.2 Å². The quantitative estimate of drug-likeness (QED) is 0.812. The number of amides is 1. The van der Waals surface area contributed by atoms with Crippen LogP contribution in [0.2, 0.25) is 0 Å². The minimum absolute atomic E-state index is 0.0424. The van der Waals surface area contributed by atoms with E-state index in [1.54, 1.807) is 11.9 Å². The Labute approximate surface area is 154 Å². The van der Waals surface area contributed by atoms with E-state index in [4.69, 9.17) is 4.74 Å². The van der Waals surface area contributed by atoms with Crippen molar-refractivity contribution in [3.63, 3.8) is 0 Å². The second kappa shape index (κ2) is 7.70. The molecule has 1 amide bonds. The second-order valence-corrected chi connectivity index (χ2v) is 6.88. The van der Waals surface area contributed by atoms with Gasteiger partial charge in [0.15, 0.2) is 0 Å². The number of rotatable bonds is 6. The zero-order valence-corrected chi connectivity index (χ0v) is 15.2. The Morgan fingerprint density at radius 1 is 1.12 bits per heavy atom. The maximum Gasteiger partial charge on any atom is 0.307 e. The van der Waals surface area contributed by atoms with Gasteiger partial charge in [-0.25, -0.2) is 0 Å². The van der Waals surface area contributed by atoms with Crippen molar-refractivity contribution in [2.24, 2.45) is 0 Å². The SMILES string of the molecule is COC(=O)CC1(NCc2ccc(-c3ccccc3)cc2)CC(=O)N(C)C1. The van der Waals surface area contributed by atoms with Crippen LogP contribution in [0.15, 0.2) is 54.6 Å². The number of carbonyl (C=O) groups excluding carboxylic acids is 2. The van der Waals surface area contributed by atoms with E-state index < -0.39 is 5.54 Å². The maximum atomic E-state index is 12.0. The van der Waals surface area contributed by atoms with E-state index in [-0.39, 0.29) is 18.3 Å². The van der Waals surface area contributed by atoms with Crippen LogP contribution in [-0.2, 0) is 20.9 Å². The van der Waals surface area contributed by atoms with Gasteiger partial charge in [0.25, 0.3) is 0 Å². The third-order valence-electron chi connectivity index (χ3n) is 4.89. The molecule has 1 aliphatic rings. The van der Waals surface area contributed by atoms with Crippen LogP contribution in [0.5, 0.6) is 0 Å². The fraction of sp³-hybridized carbons (Fsp3) is 0.333. The minimum atomic E-state index is -0.572. The van der Waals surface area contributed by atoms with E-state index in [0.717, 1.165) is 11.1 Å². The van der Waals surface area contributed by atoms with Crippen molar-refractivity contribution in [2.45, 2.75) is 24.9 Å². The predicted octanol–water partition coefficient (Wildman–Crippen LogP) is 2.61. The lowest BCUT2D eigenvalue weighted by molar-refractivity contribution is -0.142. The highest BCUT2D eigenvalue weighted by Gasteiger charge is 2.43. The standard InChI is InChI=1S/C21H24N2O3/c1-23-15-21(12-19(23)24,13-20(25)26-2)22-14-16-8-10-18(11-9-16)17-6-4-3-5-7-17/h3-11,22H,12-15H2,1-2H3. The predicted molar refractivity (Wildman–Crippen MR) is 100 cm³/mol. The molecule has 5 heteroatoms. The summed E-state index contributed by atoms with van der Waals surface area (Å²) in [6.45, 7) is 1.09. The number of likely N-dealkylation sites (tertiary alicyclic amines) is 1. The molecule has 1 atom stereocenters. The average molecular weight is 352 g/mol. The summed E-state index contributed by atoms with van der Waals surface area (Å²) in [6, 6.07) is 18.5. The van der Waals surface area contributed by atoms with E-state index in [1.807, 2.05) is 18.2 Å². The van der Waals surface area contributed by atoms with Crippen LogP contribution in [-0.4, -0.2) is 43.0 Å². The highest BCUT2D eigenvalue weighted by atomic mass is 16.5. The second-order valence-electron chi connectivity index (χ2n) is 6.88. The average Bonchev–Trinajstić information content (AvgIpc) is 2.95. The zero-order chi connectivity index (χ0) is 18.6. The minimum Gasteiger partial charge on any atom is -0.469 e. The molecule has 1 N–H and O–H groups in total. The van der Waals surface area contributed by atoms with Crippen LogP contribution in [0.25, 0.3) is 11.1 Å². The van der Waals surface area contributed by atoms with E-state index in [9.17, 15) is 9.59 Å². The number of benzene rings is 2. The first-order valence-corrected chi connectivity index (χ1v) is 8.71. The summed E-state index contributed by atoms with van der Waals surface area (Å²) in [5, 5.41) is 3.43. The van der Waals surface area contributed by atoms with E-state index in [1.165, 1.54) is 12.7 Å². The summed E-state index contributed by atoms with van der Waals surface area (Å²) in [5.41, 5.74) is 2.87. The molecule has 0 spiro atoms. The summed E-state index contributed by atoms with van der Waals surface area (Å²) in [7, 11) is 3.14. The van der Waals surface area contributed by atoms with Crippen LogP contribution in [0.1, 0.15) is 18.4 Å². The Bertz CT molecular complexity index is 774. The van der Waals surface area contributed by atoms with E-state index in [0.29, 0.717) is 19.5 Å². The normalized spacial score (nSPS) is 19.6. The topological polar surface area (TPSA) is 58.6 Å². The van der Waals surface area contributed by atoms with Crippen molar-refractivity contribution in [3.8, 4) is 11.1 Å². The first-order valence-electron chi connectivity index (χ1n) is 8.71. The third-order valence-corrected chi connectivity index (χ3v) is 4.89. The van der Waals surface area contributed by atoms with Crippen LogP contribution in [0, 0.1) is 0 Å². The molecule has 2 aromatic rings. The molecule has 1 saturated heterocycles. The van der Waals surface area contributed by atoms with Crippen molar-refractivity contribution in [1.29, 1.82) is 0 Å². The van der Waals surface area contributed by atoms with Crippen molar-refractivity contribution in [2.75, 3.05) is 20.7 Å². The van der Waals surface area contributed by atoms with Gasteiger partial charge in [-0.05, 0) is 16.7 Å². The molecule has 1 fully saturated rings. The van der Waals surface area contributed by atoms with Crippen LogP contribution in [0.3, 0.4) is 0 Å². The monoisotopic (exact) mass is 352 g/mol. The van der Waals surface area contributed by atoms with Gasteiger partial charge in [0.1, 0.15) is 0 Å². The van der Waals surface area contributed by atoms with Gasteiger partial charge in [0.2, 0.25) is 5.91 Å². The van der Waals surface area contributed by atoms with Gasteiger partial charge in [0.05, 0.1) is 19.1 Å². The fourth-order valence-electron chi connectivity index (χ4n) is 3.41. The molecule has 0 saturated carbocycles. The zero-order valence-electron chi connectivity index (χ0n) is 15.2. The molecule has 0 aromatic heterocycles. The number of hydrogen-bond donors (Lipinski definition) is 1. The Hall–Kier alpha value is -2.66. The number of ether oxygens (including phenoxy) is 1. The Kier molecular flexibility index (Phi) is 5.38. The molecule has 0 radical (unpaired) electrons. The molecule has 1 unspecified atom stereocenters. The number of likely N-dealkylation sites (N-methyl/N-ethyl adjacent to an activating group) is 1. The molecular formula is C21H24N2O3. The molecule has 1 heterocycles. The highest BCUT2D eigenvalue weighted by molar-refractivity contribution is 5.82. The van der Waals surface area contributed by atoms with Gasteiger partial charge in [0, 0.05) is 26.6 Å². The first kappa shape index (κ1) is 18.1. The van der Waals surface area contributed by atoms with Gasteiger partial charge in [-0.15, -0.1) is 0 Å². The van der Waals surface area contributed by atoms with Crippen molar-refractivity contribution >= 4 is 11.9 Å². The van der Waals surface area contributed by atoms with Gasteiger partial charge in [-0.1, -0.05) is 54.6 Å². The summed E-state index contributed by atoms with van der Waals surface area (Å²) in [5.74, 6) is -0.263. The fourth-order valence-corrected chi connectivity index (χ4v) is 3.41. The lowest BCUT2D eigenvalue weighted by Gasteiger charge is -2.28. The number of methoxy groups -OCH3 is 1. The largest absolute Gasteiger partial charge is 0.469 e. The molecule has 5 nitrogen and oxygen atoms in total. The van der Waals surface area contributed by atoms with Crippen LogP contribution < -0.4 is 5.32 Å². The maximum absolute atomic E-state index is 12.0. The summed E-state index contributed by atoms with van der Waals surface area (Å²) < 4.78 is 4.82. The molecule has 136 valence electrons. The summed E-state index contributed by atoms with van der Waals surface area (Å²) in [4.78, 5) is 25.5. The van der Waals surface area contributed by atoms with Gasteiger partial charge in [-0.3, -0.25) is 9.59 Å². The smallest absolute Gasteiger partial charge is 0.307 e. The molecule has 26 heavy (non-hydrogen) atoms. The summed E-state index contributed by atoms with van der Waals surface area (Å²) in [6.07, 6.45) is 0.488. The molecule has 0 bridgehead atoms. The third kappa shape index (κ3) is 4.11. The van der Waals surface area contributed by atoms with Gasteiger partial charge in [-0.2, -0.15) is 0 Å². The lowest BCUT2D eigenvalue weighted by Crippen LogP contribution is -2.48. The molecule has 1 aliphatic heterocycles. The Balaban J connectivity index is 1.69. The van der Waals surface area contributed by atoms with Crippen molar-refractivity contribution < 1.29 is 14.3 Å². The number of nitrogens with one attached hydrogen (secondary N) is 1. The first-order chi connectivity index (χ1) is 12.5. The van der Waals surface area contributed by atoms with Gasteiger partial charge >= 0.3 is 5.97 Å². The Morgan fingerprint density at radius 3 is 2.35 bits per heavy atom. The lowest BCUT2D eigenvalue weighted by atomic mass is 9.93.